The molecule has 0 bridgehead atoms. The zero-order chi connectivity index (χ0) is 7.28. The van der Waals surface area contributed by atoms with Crippen LogP contribution in [0.4, 0.5) is 0 Å². The number of ketones is 1. The fraction of sp³-hybridized carbons (Fsp3) is 0.714. The summed E-state index contributed by atoms with van der Waals surface area (Å²) in [6.45, 7) is 3.56. The van der Waals surface area contributed by atoms with Gasteiger partial charge in [-0.1, -0.05) is 13.8 Å². The fourth-order valence-corrected chi connectivity index (χ4v) is 0.552. The molecule has 0 heterocycles. The van der Waals surface area contributed by atoms with Crippen molar-refractivity contribution in [3.63, 3.8) is 0 Å². The van der Waals surface area contributed by atoms with Crippen molar-refractivity contribution in [2.45, 2.75) is 26.7 Å². The summed E-state index contributed by atoms with van der Waals surface area (Å²) in [7, 11) is 0. The summed E-state index contributed by atoms with van der Waals surface area (Å²) in [4.78, 5) is 20.6. The molecule has 2 heteroatoms. The van der Waals surface area contributed by atoms with Gasteiger partial charge in [0, 0.05) is 18.8 Å². The molecule has 0 N–H and O–H groups in total. The van der Waals surface area contributed by atoms with E-state index in [1.54, 1.807) is 13.8 Å². The van der Waals surface area contributed by atoms with E-state index in [0.717, 1.165) is 6.29 Å². The van der Waals surface area contributed by atoms with Crippen molar-refractivity contribution in [2.24, 2.45) is 5.92 Å². The molecule has 9 heavy (non-hydrogen) atoms. The van der Waals surface area contributed by atoms with Gasteiger partial charge in [-0.05, 0) is 0 Å². The Morgan fingerprint density at radius 1 is 1.67 bits per heavy atom. The quantitative estimate of drug-likeness (QED) is 0.533. The third-order valence-electron chi connectivity index (χ3n) is 1.18. The Balaban J connectivity index is 3.46. The van der Waals surface area contributed by atoms with Crippen molar-refractivity contribution < 1.29 is 9.59 Å². The van der Waals surface area contributed by atoms with E-state index in [2.05, 4.69) is 0 Å². The van der Waals surface area contributed by atoms with E-state index in [-0.39, 0.29) is 11.7 Å². The van der Waals surface area contributed by atoms with Crippen molar-refractivity contribution in [1.82, 2.24) is 0 Å². The van der Waals surface area contributed by atoms with Crippen LogP contribution in [0.25, 0.3) is 0 Å². The second kappa shape index (κ2) is 4.24. The zero-order valence-electron chi connectivity index (χ0n) is 5.89. The van der Waals surface area contributed by atoms with Gasteiger partial charge in [-0.15, -0.1) is 0 Å². The summed E-state index contributed by atoms with van der Waals surface area (Å²) in [5.74, 6) is 0.0621. The molecule has 0 saturated heterocycles. The normalized spacial score (nSPS) is 12.7. The molecule has 1 atom stereocenters. The minimum Gasteiger partial charge on any atom is -0.303 e. The lowest BCUT2D eigenvalue weighted by Crippen LogP contribution is -2.04. The lowest BCUT2D eigenvalue weighted by atomic mass is 10.1. The average Bonchev–Trinajstić information content (AvgIpc) is 1.87. The van der Waals surface area contributed by atoms with E-state index in [1.165, 1.54) is 0 Å². The first-order chi connectivity index (χ1) is 4.20. The first-order valence-corrected chi connectivity index (χ1v) is 3.17. The molecule has 0 radical (unpaired) electrons. The monoisotopic (exact) mass is 128 g/mol. The van der Waals surface area contributed by atoms with Crippen LogP contribution in [-0.2, 0) is 9.59 Å². The van der Waals surface area contributed by atoms with Gasteiger partial charge in [0.25, 0.3) is 0 Å². The summed E-state index contributed by atoms with van der Waals surface area (Å²) >= 11 is 0. The molecule has 0 aliphatic rings. The van der Waals surface area contributed by atoms with Gasteiger partial charge in [0.2, 0.25) is 0 Å². The van der Waals surface area contributed by atoms with Crippen LogP contribution in [0.3, 0.4) is 0 Å². The predicted octanol–water partition coefficient (Wildman–Crippen LogP) is 1.19. The predicted molar refractivity (Wildman–Crippen MR) is 35.1 cm³/mol. The molecule has 0 aliphatic carbocycles. The van der Waals surface area contributed by atoms with Crippen LogP contribution in [0.15, 0.2) is 0 Å². The molecular weight excluding hydrogens is 116 g/mol. The van der Waals surface area contributed by atoms with E-state index in [1.807, 2.05) is 0 Å². The molecule has 0 aliphatic heterocycles. The number of hydrogen-bond acceptors (Lipinski definition) is 2. The number of rotatable bonds is 4. The highest BCUT2D eigenvalue weighted by Crippen LogP contribution is 1.99. The van der Waals surface area contributed by atoms with Gasteiger partial charge in [0.15, 0.2) is 0 Å². The topological polar surface area (TPSA) is 34.1 Å². The molecule has 0 fully saturated rings. The maximum absolute atomic E-state index is 10.6. The van der Waals surface area contributed by atoms with Crippen molar-refractivity contribution in [3.8, 4) is 0 Å². The van der Waals surface area contributed by atoms with Crippen LogP contribution in [0, 0.1) is 5.92 Å². The Morgan fingerprint density at radius 3 is 2.56 bits per heavy atom. The third kappa shape index (κ3) is 3.88. The van der Waals surface area contributed by atoms with E-state index in [0.29, 0.717) is 12.8 Å². The second-order valence-electron chi connectivity index (χ2n) is 2.21. The van der Waals surface area contributed by atoms with Gasteiger partial charge in [-0.3, -0.25) is 4.79 Å². The lowest BCUT2D eigenvalue weighted by Gasteiger charge is -1.97. The number of Topliss-reactive ketones (excluding diaryl/α,β-unsaturated/α-hetero) is 1. The van der Waals surface area contributed by atoms with Crippen LogP contribution in [0.5, 0.6) is 0 Å². The van der Waals surface area contributed by atoms with Crippen molar-refractivity contribution in [3.05, 3.63) is 0 Å². The van der Waals surface area contributed by atoms with Crippen LogP contribution >= 0.6 is 0 Å². The summed E-state index contributed by atoms with van der Waals surface area (Å²) in [5, 5.41) is 0. The van der Waals surface area contributed by atoms with E-state index >= 15 is 0 Å². The summed E-state index contributed by atoms with van der Waals surface area (Å²) in [6, 6.07) is 0. The van der Waals surface area contributed by atoms with Crippen molar-refractivity contribution >= 4 is 12.1 Å². The standard InChI is InChI=1S/C7H12O2/c1-3-7(9)4-6(2)5-8/h5-6H,3-4H2,1-2H3. The van der Waals surface area contributed by atoms with Crippen LogP contribution < -0.4 is 0 Å². The highest BCUT2D eigenvalue weighted by Gasteiger charge is 2.04. The van der Waals surface area contributed by atoms with E-state index < -0.39 is 0 Å². The van der Waals surface area contributed by atoms with E-state index in [9.17, 15) is 9.59 Å². The summed E-state index contributed by atoms with van der Waals surface area (Å²) in [5.41, 5.74) is 0. The minimum absolute atomic E-state index is 0.0996. The number of carbonyl (C=O) groups is 2. The smallest absolute Gasteiger partial charge is 0.133 e. The largest absolute Gasteiger partial charge is 0.303 e. The van der Waals surface area contributed by atoms with Crippen LogP contribution in [0.2, 0.25) is 0 Å². The molecular formula is C7H12O2. The maximum Gasteiger partial charge on any atom is 0.133 e. The van der Waals surface area contributed by atoms with Crippen molar-refractivity contribution in [2.75, 3.05) is 0 Å². The first kappa shape index (κ1) is 8.34. The van der Waals surface area contributed by atoms with Gasteiger partial charge in [-0.25, -0.2) is 0 Å². The molecule has 0 amide bonds. The molecule has 0 aromatic heterocycles. The van der Waals surface area contributed by atoms with E-state index in [4.69, 9.17) is 0 Å². The molecule has 0 aromatic carbocycles. The average molecular weight is 128 g/mol. The Kier molecular flexibility index (Phi) is 3.93. The van der Waals surface area contributed by atoms with Gasteiger partial charge in [0.05, 0.1) is 0 Å². The van der Waals surface area contributed by atoms with Crippen LogP contribution in [-0.4, -0.2) is 12.1 Å². The number of hydrogen-bond donors (Lipinski definition) is 0. The molecule has 0 aromatic rings. The zero-order valence-corrected chi connectivity index (χ0v) is 5.89. The number of aldehydes is 1. The second-order valence-corrected chi connectivity index (χ2v) is 2.21. The van der Waals surface area contributed by atoms with Gasteiger partial charge in [0.1, 0.15) is 12.1 Å². The third-order valence-corrected chi connectivity index (χ3v) is 1.18. The summed E-state index contributed by atoms with van der Waals surface area (Å²) in [6.07, 6.45) is 1.76. The van der Waals surface area contributed by atoms with Crippen molar-refractivity contribution in [1.29, 1.82) is 0 Å². The lowest BCUT2D eigenvalue weighted by molar-refractivity contribution is -0.122. The Hall–Kier alpha value is -0.660. The Labute approximate surface area is 55.3 Å². The first-order valence-electron chi connectivity index (χ1n) is 3.17. The van der Waals surface area contributed by atoms with Gasteiger partial charge in [-0.2, -0.15) is 0 Å². The van der Waals surface area contributed by atoms with Crippen LogP contribution in [0.1, 0.15) is 26.7 Å². The fourth-order valence-electron chi connectivity index (χ4n) is 0.552. The highest BCUT2D eigenvalue weighted by molar-refractivity contribution is 5.80. The molecule has 2 nitrogen and oxygen atoms in total. The maximum atomic E-state index is 10.6. The van der Waals surface area contributed by atoms with Gasteiger partial charge < -0.3 is 4.79 Å². The summed E-state index contributed by atoms with van der Waals surface area (Å²) < 4.78 is 0. The Morgan fingerprint density at radius 2 is 2.22 bits per heavy atom. The number of carbonyl (C=O) groups excluding carboxylic acids is 2. The highest BCUT2D eigenvalue weighted by atomic mass is 16.1. The molecule has 0 saturated carbocycles. The molecule has 0 spiro atoms. The SMILES string of the molecule is CCC(=O)CC(C)C=O. The molecule has 52 valence electrons. The van der Waals surface area contributed by atoms with Gasteiger partial charge >= 0.3 is 0 Å². The minimum atomic E-state index is -0.0996. The Bertz CT molecular complexity index is 107. The molecule has 0 rings (SSSR count). The molecule has 1 unspecified atom stereocenters.